The molecule has 152 valence electrons. The van der Waals surface area contributed by atoms with E-state index in [1.165, 1.54) is 12.1 Å². The van der Waals surface area contributed by atoms with E-state index in [1.54, 1.807) is 0 Å². The van der Waals surface area contributed by atoms with Crippen LogP contribution >= 0.6 is 11.3 Å². The van der Waals surface area contributed by atoms with Crippen LogP contribution in [-0.4, -0.2) is 33.0 Å². The number of methoxy groups -OCH3 is 1. The van der Waals surface area contributed by atoms with Gasteiger partial charge >= 0.3 is 6.61 Å². The van der Waals surface area contributed by atoms with Crippen LogP contribution in [0.5, 0.6) is 11.5 Å². The van der Waals surface area contributed by atoms with Crippen LogP contribution < -0.4 is 19.9 Å². The van der Waals surface area contributed by atoms with Gasteiger partial charge in [0.15, 0.2) is 11.5 Å². The number of hydrogen-bond acceptors (Lipinski definition) is 8. The van der Waals surface area contributed by atoms with Crippen molar-refractivity contribution in [1.29, 1.82) is 0 Å². The van der Waals surface area contributed by atoms with E-state index in [0.717, 1.165) is 24.5 Å². The first kappa shape index (κ1) is 21.5. The Morgan fingerprint density at radius 2 is 2.04 bits per heavy atom. The van der Waals surface area contributed by atoms with Crippen LogP contribution in [0.4, 0.5) is 14.5 Å². The highest BCUT2D eigenvalue weighted by atomic mass is 32.2. The summed E-state index contributed by atoms with van der Waals surface area (Å²) in [5.74, 6) is -1.81. The average molecular weight is 437 g/mol. The molecule has 0 saturated heterocycles. The minimum atomic E-state index is -3.89. The molecule has 1 aromatic carbocycles. The van der Waals surface area contributed by atoms with Gasteiger partial charge in [0.1, 0.15) is 9.77 Å². The second-order valence-corrected chi connectivity index (χ2v) is 8.06. The van der Waals surface area contributed by atoms with Gasteiger partial charge in [-0.1, -0.05) is 0 Å². The molecule has 0 radical (unpaired) electrons. The molecule has 14 heteroatoms. The van der Waals surface area contributed by atoms with Gasteiger partial charge < -0.3 is 14.8 Å². The molecular formula is C14H13F2N3O7S2. The molecule has 0 spiro atoms. The number of halogens is 2. The van der Waals surface area contributed by atoms with Gasteiger partial charge in [-0.3, -0.25) is 14.9 Å². The first-order chi connectivity index (χ1) is 13.0. The second kappa shape index (κ2) is 8.45. The SMILES string of the molecule is COc1cc(C(=O)NCc2ccc(S(N)(=O)=O)s2)c([N+](=O)[O-])cc1OC(F)F. The fraction of sp³-hybridized carbons (Fsp3) is 0.214. The van der Waals surface area contributed by atoms with E-state index in [0.29, 0.717) is 10.9 Å². The lowest BCUT2D eigenvalue weighted by atomic mass is 10.1. The quantitative estimate of drug-likeness (QED) is 0.472. The summed E-state index contributed by atoms with van der Waals surface area (Å²) in [6.07, 6.45) is 0. The summed E-state index contributed by atoms with van der Waals surface area (Å²) in [5.41, 5.74) is -1.22. The molecule has 0 aliphatic carbocycles. The number of carbonyl (C=O) groups excluding carboxylic acids is 1. The minimum absolute atomic E-state index is 0.113. The largest absolute Gasteiger partial charge is 0.493 e. The Labute approximate surface area is 161 Å². The molecule has 3 N–H and O–H groups in total. The Bertz CT molecular complexity index is 1010. The number of ether oxygens (including phenoxy) is 2. The lowest BCUT2D eigenvalue weighted by Gasteiger charge is -2.12. The number of primary sulfonamides is 1. The van der Waals surface area contributed by atoms with Crippen molar-refractivity contribution in [1.82, 2.24) is 5.32 Å². The van der Waals surface area contributed by atoms with Crippen LogP contribution in [0.25, 0.3) is 0 Å². The highest BCUT2D eigenvalue weighted by Gasteiger charge is 2.26. The third-order valence-electron chi connectivity index (χ3n) is 3.28. The molecule has 1 heterocycles. The number of nitro benzene ring substituents is 1. The number of benzene rings is 1. The fourth-order valence-electron chi connectivity index (χ4n) is 2.10. The van der Waals surface area contributed by atoms with Crippen molar-refractivity contribution in [2.24, 2.45) is 5.14 Å². The molecule has 2 aromatic rings. The summed E-state index contributed by atoms with van der Waals surface area (Å²) < 4.78 is 56.3. The third kappa shape index (κ3) is 5.11. The first-order valence-electron chi connectivity index (χ1n) is 7.24. The minimum Gasteiger partial charge on any atom is -0.493 e. The molecular weight excluding hydrogens is 424 g/mol. The van der Waals surface area contributed by atoms with Crippen molar-refractivity contribution in [3.8, 4) is 11.5 Å². The molecule has 0 fully saturated rings. The number of carbonyl (C=O) groups is 1. The van der Waals surface area contributed by atoms with Gasteiger partial charge in [-0.2, -0.15) is 8.78 Å². The van der Waals surface area contributed by atoms with E-state index in [2.05, 4.69) is 10.1 Å². The number of nitrogens with two attached hydrogens (primary N) is 1. The molecule has 28 heavy (non-hydrogen) atoms. The molecule has 0 aliphatic rings. The van der Waals surface area contributed by atoms with Gasteiger partial charge in [0.2, 0.25) is 10.0 Å². The van der Waals surface area contributed by atoms with Crippen molar-refractivity contribution < 1.29 is 36.4 Å². The molecule has 0 atom stereocenters. The molecule has 0 saturated carbocycles. The van der Waals surface area contributed by atoms with Crippen LogP contribution in [0, 0.1) is 10.1 Å². The van der Waals surface area contributed by atoms with Crippen LogP contribution in [0.3, 0.4) is 0 Å². The van der Waals surface area contributed by atoms with Crippen molar-refractivity contribution in [2.75, 3.05) is 7.11 Å². The van der Waals surface area contributed by atoms with Crippen LogP contribution in [0.2, 0.25) is 0 Å². The number of sulfonamides is 1. The van der Waals surface area contributed by atoms with E-state index >= 15 is 0 Å². The van der Waals surface area contributed by atoms with E-state index in [9.17, 15) is 32.1 Å². The topological polar surface area (TPSA) is 151 Å². The molecule has 10 nitrogen and oxygen atoms in total. The number of hydrogen-bond donors (Lipinski definition) is 2. The van der Waals surface area contributed by atoms with Gasteiger partial charge in [-0.05, 0) is 12.1 Å². The summed E-state index contributed by atoms with van der Waals surface area (Å²) in [6, 6.07) is 4.22. The normalized spacial score (nSPS) is 11.3. The van der Waals surface area contributed by atoms with Gasteiger partial charge in [-0.15, -0.1) is 11.3 Å². The zero-order chi connectivity index (χ0) is 21.1. The van der Waals surface area contributed by atoms with Gasteiger partial charge in [0.25, 0.3) is 11.6 Å². The molecule has 1 aromatic heterocycles. The zero-order valence-corrected chi connectivity index (χ0v) is 15.7. The maximum Gasteiger partial charge on any atom is 0.387 e. The second-order valence-electron chi connectivity index (χ2n) is 5.10. The van der Waals surface area contributed by atoms with E-state index in [4.69, 9.17) is 9.88 Å². The first-order valence-corrected chi connectivity index (χ1v) is 9.60. The molecule has 0 aliphatic heterocycles. The van der Waals surface area contributed by atoms with Crippen LogP contribution in [-0.2, 0) is 16.6 Å². The number of thiophene rings is 1. The van der Waals surface area contributed by atoms with Gasteiger partial charge in [0.05, 0.1) is 24.6 Å². The smallest absolute Gasteiger partial charge is 0.387 e. The molecule has 0 unspecified atom stereocenters. The Morgan fingerprint density at radius 3 is 2.54 bits per heavy atom. The van der Waals surface area contributed by atoms with Crippen molar-refractivity contribution >= 4 is 33.0 Å². The summed E-state index contributed by atoms with van der Waals surface area (Å²) in [4.78, 5) is 23.1. The Hall–Kier alpha value is -2.84. The number of nitrogens with zero attached hydrogens (tertiary/aromatic N) is 1. The monoisotopic (exact) mass is 437 g/mol. The number of rotatable bonds is 8. The number of alkyl halides is 2. The lowest BCUT2D eigenvalue weighted by Crippen LogP contribution is -2.23. The molecule has 1 amide bonds. The zero-order valence-electron chi connectivity index (χ0n) is 14.0. The number of nitrogens with one attached hydrogen (secondary N) is 1. The number of nitro groups is 1. The Balaban J connectivity index is 2.28. The maximum atomic E-state index is 12.4. The summed E-state index contributed by atoms with van der Waals surface area (Å²) in [6.45, 7) is -3.40. The standard InChI is InChI=1S/C14H13F2N3O7S2/c1-25-10-4-8(9(19(21)22)5-11(10)26-14(15)16)13(20)18-6-7-2-3-12(27-7)28(17,23)24/h2-5,14H,6H2,1H3,(H,18,20)(H2,17,23,24). The molecule has 2 rings (SSSR count). The van der Waals surface area contributed by atoms with Gasteiger partial charge in [0, 0.05) is 10.9 Å². The lowest BCUT2D eigenvalue weighted by molar-refractivity contribution is -0.385. The van der Waals surface area contributed by atoms with Crippen LogP contribution in [0.15, 0.2) is 28.5 Å². The fourth-order valence-corrected chi connectivity index (χ4v) is 3.82. The molecule has 0 bridgehead atoms. The van der Waals surface area contributed by atoms with E-state index < -0.39 is 44.5 Å². The summed E-state index contributed by atoms with van der Waals surface area (Å²) in [5, 5.41) is 18.6. The Kier molecular flexibility index (Phi) is 6.48. The number of amides is 1. The van der Waals surface area contributed by atoms with Gasteiger partial charge in [-0.25, -0.2) is 13.6 Å². The predicted octanol–water partition coefficient (Wildman–Crippen LogP) is 1.84. The maximum absolute atomic E-state index is 12.4. The van der Waals surface area contributed by atoms with Crippen molar-refractivity contribution in [3.05, 3.63) is 44.8 Å². The summed E-state index contributed by atoms with van der Waals surface area (Å²) >= 11 is 0.815. The predicted molar refractivity (Wildman–Crippen MR) is 93.1 cm³/mol. The van der Waals surface area contributed by atoms with Crippen LogP contribution in [0.1, 0.15) is 15.2 Å². The Morgan fingerprint density at radius 1 is 1.36 bits per heavy atom. The highest BCUT2D eigenvalue weighted by molar-refractivity contribution is 7.91. The van der Waals surface area contributed by atoms with E-state index in [-0.39, 0.29) is 16.5 Å². The highest BCUT2D eigenvalue weighted by Crippen LogP contribution is 2.35. The average Bonchev–Trinajstić information content (AvgIpc) is 3.08. The summed E-state index contributed by atoms with van der Waals surface area (Å²) in [7, 11) is -2.78. The third-order valence-corrected chi connectivity index (χ3v) is 5.80. The van der Waals surface area contributed by atoms with Crippen molar-refractivity contribution in [3.63, 3.8) is 0 Å². The van der Waals surface area contributed by atoms with Crippen molar-refractivity contribution in [2.45, 2.75) is 17.4 Å². The van der Waals surface area contributed by atoms with E-state index in [1.807, 2.05) is 0 Å².